The van der Waals surface area contributed by atoms with Crippen LogP contribution in [-0.2, 0) is 26.2 Å². The van der Waals surface area contributed by atoms with Gasteiger partial charge in [-0.15, -0.1) is 0 Å². The number of carbonyl (C=O) groups excluding carboxylic acids is 2. The summed E-state index contributed by atoms with van der Waals surface area (Å²) in [6.07, 6.45) is 3.93. The molecule has 10 heteroatoms. The molecule has 218 valence electrons. The molecule has 4 rings (SSSR count). The Morgan fingerprint density at radius 3 is 2.24 bits per heavy atom. The molecule has 1 aliphatic rings. The monoisotopic (exact) mass is 597 g/mol. The topological polar surface area (TPSA) is 96.0 Å². The van der Waals surface area contributed by atoms with E-state index in [1.807, 2.05) is 12.1 Å². The Morgan fingerprint density at radius 1 is 1.00 bits per heavy atom. The van der Waals surface area contributed by atoms with Gasteiger partial charge in [-0.05, 0) is 80.3 Å². The number of hydrogen-bond acceptors (Lipinski definition) is 5. The lowest BCUT2D eigenvalue weighted by Gasteiger charge is -2.33. The van der Waals surface area contributed by atoms with Crippen molar-refractivity contribution in [3.05, 3.63) is 88.9 Å². The third-order valence-corrected chi connectivity index (χ3v) is 9.47. The van der Waals surface area contributed by atoms with Crippen molar-refractivity contribution in [2.75, 3.05) is 18.0 Å². The van der Waals surface area contributed by atoms with Gasteiger partial charge in [0.15, 0.2) is 0 Å². The molecule has 1 N–H and O–H groups in total. The van der Waals surface area contributed by atoms with E-state index in [2.05, 4.69) is 5.32 Å². The zero-order valence-electron chi connectivity index (χ0n) is 23.5. The number of halogens is 1. The number of amides is 2. The van der Waals surface area contributed by atoms with E-state index >= 15 is 0 Å². The normalized spacial score (nSPS) is 14.3. The molecule has 41 heavy (non-hydrogen) atoms. The number of ether oxygens (including phenoxy) is 1. The largest absolute Gasteiger partial charge is 0.497 e. The SMILES string of the molecule is COc1ccc(CN(C(=O)CN(c2ccccc2C)S(=O)(=O)c2ccc(Cl)cc2)[C@H](C)C(=O)NC2CCCC2)cc1. The summed E-state index contributed by atoms with van der Waals surface area (Å²) in [6.45, 7) is 3.09. The van der Waals surface area contributed by atoms with Crippen LogP contribution in [0.1, 0.15) is 43.7 Å². The van der Waals surface area contributed by atoms with Crippen LogP contribution >= 0.6 is 11.6 Å². The van der Waals surface area contributed by atoms with E-state index in [4.69, 9.17) is 16.3 Å². The zero-order chi connectivity index (χ0) is 29.6. The highest BCUT2D eigenvalue weighted by molar-refractivity contribution is 7.92. The van der Waals surface area contributed by atoms with Crippen LogP contribution in [0.4, 0.5) is 5.69 Å². The number of rotatable bonds is 11. The number of hydrogen-bond donors (Lipinski definition) is 1. The van der Waals surface area contributed by atoms with Crippen molar-refractivity contribution < 1.29 is 22.7 Å². The summed E-state index contributed by atoms with van der Waals surface area (Å²) in [5, 5.41) is 3.47. The molecule has 1 aliphatic carbocycles. The number of carbonyl (C=O) groups is 2. The summed E-state index contributed by atoms with van der Waals surface area (Å²) in [7, 11) is -2.59. The maximum Gasteiger partial charge on any atom is 0.264 e. The van der Waals surface area contributed by atoms with Crippen LogP contribution in [0, 0.1) is 6.92 Å². The fraction of sp³-hybridized carbons (Fsp3) is 0.355. The summed E-state index contributed by atoms with van der Waals surface area (Å²) >= 11 is 6.02. The van der Waals surface area contributed by atoms with Crippen LogP contribution in [-0.4, -0.2) is 50.9 Å². The van der Waals surface area contributed by atoms with E-state index in [1.54, 1.807) is 57.4 Å². The van der Waals surface area contributed by atoms with Crippen LogP contribution in [0.15, 0.2) is 77.7 Å². The molecular formula is C31H36ClN3O5S. The molecule has 1 saturated carbocycles. The average molecular weight is 598 g/mol. The first-order valence-corrected chi connectivity index (χ1v) is 15.5. The highest BCUT2D eigenvalue weighted by Gasteiger charge is 2.33. The molecule has 3 aromatic carbocycles. The van der Waals surface area contributed by atoms with E-state index in [0.717, 1.165) is 35.6 Å². The smallest absolute Gasteiger partial charge is 0.264 e. The Labute approximate surface area is 247 Å². The number of benzene rings is 3. The molecule has 0 radical (unpaired) electrons. The van der Waals surface area contributed by atoms with Gasteiger partial charge in [-0.3, -0.25) is 13.9 Å². The molecular weight excluding hydrogens is 562 g/mol. The second-order valence-electron chi connectivity index (χ2n) is 10.3. The minimum Gasteiger partial charge on any atom is -0.497 e. The number of nitrogens with zero attached hydrogens (tertiary/aromatic N) is 2. The highest BCUT2D eigenvalue weighted by atomic mass is 35.5. The molecule has 8 nitrogen and oxygen atoms in total. The van der Waals surface area contributed by atoms with E-state index in [-0.39, 0.29) is 23.4 Å². The number of methoxy groups -OCH3 is 1. The van der Waals surface area contributed by atoms with E-state index in [9.17, 15) is 18.0 Å². The summed E-state index contributed by atoms with van der Waals surface area (Å²) in [4.78, 5) is 28.8. The molecule has 3 aromatic rings. The zero-order valence-corrected chi connectivity index (χ0v) is 25.1. The standard InChI is InChI=1S/C31H36ClN3O5S/c1-22-8-4-7-11-29(22)35(41(38,39)28-18-14-25(32)15-19-28)21-30(36)34(20-24-12-16-27(40-3)17-13-24)23(2)31(37)33-26-9-5-6-10-26/h4,7-8,11-19,23,26H,5-6,9-10,20-21H2,1-3H3,(H,33,37)/t23-/m1/s1. The second kappa shape index (κ2) is 13.4. The van der Waals surface area contributed by atoms with Crippen molar-refractivity contribution in [3.63, 3.8) is 0 Å². The second-order valence-corrected chi connectivity index (χ2v) is 12.6. The van der Waals surface area contributed by atoms with Crippen LogP contribution in [0.25, 0.3) is 0 Å². The molecule has 0 unspecified atom stereocenters. The Kier molecular flexibility index (Phi) is 9.94. The van der Waals surface area contributed by atoms with Crippen molar-refractivity contribution in [2.24, 2.45) is 0 Å². The number of aryl methyl sites for hydroxylation is 1. The number of nitrogens with one attached hydrogen (secondary N) is 1. The maximum absolute atomic E-state index is 14.1. The fourth-order valence-electron chi connectivity index (χ4n) is 4.99. The van der Waals surface area contributed by atoms with Crippen molar-refractivity contribution in [3.8, 4) is 5.75 Å². The first-order valence-electron chi connectivity index (χ1n) is 13.7. The van der Waals surface area contributed by atoms with Gasteiger partial charge in [0.2, 0.25) is 11.8 Å². The van der Waals surface area contributed by atoms with Crippen molar-refractivity contribution in [2.45, 2.75) is 63.1 Å². The van der Waals surface area contributed by atoms with Gasteiger partial charge in [0, 0.05) is 17.6 Å². The van der Waals surface area contributed by atoms with E-state index in [1.165, 1.54) is 29.2 Å². The molecule has 0 saturated heterocycles. The van der Waals surface area contributed by atoms with Gasteiger partial charge in [-0.2, -0.15) is 0 Å². The van der Waals surface area contributed by atoms with Gasteiger partial charge in [0.05, 0.1) is 17.7 Å². The predicted octanol–water partition coefficient (Wildman–Crippen LogP) is 5.33. The van der Waals surface area contributed by atoms with Crippen LogP contribution in [0.2, 0.25) is 5.02 Å². The molecule has 0 bridgehead atoms. The third kappa shape index (κ3) is 7.40. The lowest BCUT2D eigenvalue weighted by atomic mass is 10.1. The van der Waals surface area contributed by atoms with Crippen molar-refractivity contribution in [1.29, 1.82) is 0 Å². The fourth-order valence-corrected chi connectivity index (χ4v) is 6.60. The van der Waals surface area contributed by atoms with Crippen molar-refractivity contribution >= 4 is 39.1 Å². The number of para-hydroxylation sites is 1. The van der Waals surface area contributed by atoms with Crippen LogP contribution in [0.3, 0.4) is 0 Å². The Bertz CT molecular complexity index is 1460. The number of sulfonamides is 1. The minimum atomic E-state index is -4.16. The lowest BCUT2D eigenvalue weighted by Crippen LogP contribution is -2.52. The molecule has 1 atom stereocenters. The Hall–Kier alpha value is -3.56. The molecule has 1 fully saturated rings. The molecule has 0 heterocycles. The van der Waals surface area contributed by atoms with Gasteiger partial charge in [-0.1, -0.05) is 54.8 Å². The van der Waals surface area contributed by atoms with Gasteiger partial charge in [-0.25, -0.2) is 8.42 Å². The van der Waals surface area contributed by atoms with Gasteiger partial charge in [0.1, 0.15) is 18.3 Å². The quantitative estimate of drug-likeness (QED) is 0.322. The molecule has 2 amide bonds. The van der Waals surface area contributed by atoms with Gasteiger partial charge < -0.3 is 15.0 Å². The van der Waals surface area contributed by atoms with Gasteiger partial charge >= 0.3 is 0 Å². The first kappa shape index (κ1) is 30.4. The maximum atomic E-state index is 14.1. The third-order valence-electron chi connectivity index (χ3n) is 7.45. The highest BCUT2D eigenvalue weighted by Crippen LogP contribution is 2.28. The minimum absolute atomic E-state index is 0.00619. The Morgan fingerprint density at radius 2 is 1.63 bits per heavy atom. The van der Waals surface area contributed by atoms with Crippen LogP contribution < -0.4 is 14.4 Å². The molecule has 0 spiro atoms. The number of anilines is 1. The van der Waals surface area contributed by atoms with E-state index in [0.29, 0.717) is 22.0 Å². The van der Waals surface area contributed by atoms with Crippen molar-refractivity contribution in [1.82, 2.24) is 10.2 Å². The summed E-state index contributed by atoms with van der Waals surface area (Å²) < 4.78 is 34.2. The summed E-state index contributed by atoms with van der Waals surface area (Å²) in [5.74, 6) is -0.101. The van der Waals surface area contributed by atoms with E-state index < -0.39 is 28.5 Å². The summed E-state index contributed by atoms with van der Waals surface area (Å²) in [5.41, 5.74) is 1.84. The van der Waals surface area contributed by atoms with Crippen LogP contribution in [0.5, 0.6) is 5.75 Å². The lowest BCUT2D eigenvalue weighted by molar-refractivity contribution is -0.139. The Balaban J connectivity index is 1.69. The molecule has 0 aliphatic heterocycles. The van der Waals surface area contributed by atoms with Gasteiger partial charge in [0.25, 0.3) is 10.0 Å². The first-order chi connectivity index (χ1) is 19.6. The molecule has 0 aromatic heterocycles. The predicted molar refractivity (Wildman–Crippen MR) is 161 cm³/mol. The summed E-state index contributed by atoms with van der Waals surface area (Å²) in [6, 6.07) is 19.3. The average Bonchev–Trinajstić information content (AvgIpc) is 3.48.